The first-order chi connectivity index (χ1) is 9.12. The molecular weight excluding hydrogens is 258 g/mol. The van der Waals surface area contributed by atoms with Gasteiger partial charge in [-0.15, -0.1) is 0 Å². The van der Waals surface area contributed by atoms with Crippen molar-refractivity contribution in [3.8, 4) is 0 Å². The standard InChI is InChI=1S/C15H27NO2S/c1-2-16-15(14-10-11-19(17,18)12-14)13-8-6-4-3-5-7-9-13/h8,14-16H,2-7,9-12H2,1H3. The van der Waals surface area contributed by atoms with Crippen LogP contribution in [0.1, 0.15) is 51.9 Å². The van der Waals surface area contributed by atoms with E-state index < -0.39 is 9.84 Å². The van der Waals surface area contributed by atoms with Crippen LogP contribution in [0.4, 0.5) is 0 Å². The average Bonchev–Trinajstić information content (AvgIpc) is 2.67. The van der Waals surface area contributed by atoms with Gasteiger partial charge in [-0.05, 0) is 44.6 Å². The van der Waals surface area contributed by atoms with Gasteiger partial charge >= 0.3 is 0 Å². The van der Waals surface area contributed by atoms with Crippen LogP contribution in [0.2, 0.25) is 0 Å². The molecule has 0 bridgehead atoms. The van der Waals surface area contributed by atoms with Crippen molar-refractivity contribution in [1.82, 2.24) is 5.32 Å². The van der Waals surface area contributed by atoms with Gasteiger partial charge in [0.1, 0.15) is 0 Å². The van der Waals surface area contributed by atoms with Gasteiger partial charge in [0.05, 0.1) is 11.5 Å². The van der Waals surface area contributed by atoms with Crippen LogP contribution < -0.4 is 5.32 Å². The molecule has 2 aliphatic rings. The van der Waals surface area contributed by atoms with Crippen molar-refractivity contribution in [3.05, 3.63) is 11.6 Å². The van der Waals surface area contributed by atoms with E-state index in [1.54, 1.807) is 0 Å². The fraction of sp³-hybridized carbons (Fsp3) is 0.867. The van der Waals surface area contributed by atoms with Gasteiger partial charge in [-0.2, -0.15) is 0 Å². The molecule has 0 aromatic carbocycles. The van der Waals surface area contributed by atoms with Crippen LogP contribution in [0.25, 0.3) is 0 Å². The third-order valence-corrected chi connectivity index (χ3v) is 6.18. The Balaban J connectivity index is 2.10. The van der Waals surface area contributed by atoms with Crippen molar-refractivity contribution in [2.75, 3.05) is 18.1 Å². The van der Waals surface area contributed by atoms with Crippen molar-refractivity contribution in [2.24, 2.45) is 5.92 Å². The summed E-state index contributed by atoms with van der Waals surface area (Å²) >= 11 is 0. The molecule has 0 spiro atoms. The maximum atomic E-state index is 11.7. The van der Waals surface area contributed by atoms with Crippen LogP contribution in [0, 0.1) is 5.92 Å². The zero-order chi connectivity index (χ0) is 13.7. The Morgan fingerprint density at radius 1 is 1.32 bits per heavy atom. The molecule has 19 heavy (non-hydrogen) atoms. The molecule has 1 heterocycles. The molecule has 110 valence electrons. The molecule has 0 radical (unpaired) electrons. The van der Waals surface area contributed by atoms with Crippen LogP contribution in [0.5, 0.6) is 0 Å². The number of sulfone groups is 1. The second-order valence-electron chi connectivity index (χ2n) is 5.93. The molecule has 2 unspecified atom stereocenters. The summed E-state index contributed by atoms with van der Waals surface area (Å²) in [6.07, 6.45) is 10.7. The van der Waals surface area contributed by atoms with Gasteiger partial charge < -0.3 is 5.32 Å². The van der Waals surface area contributed by atoms with E-state index in [1.165, 1.54) is 31.3 Å². The van der Waals surface area contributed by atoms with Crippen molar-refractivity contribution in [1.29, 1.82) is 0 Å². The monoisotopic (exact) mass is 285 g/mol. The molecule has 0 saturated carbocycles. The predicted octanol–water partition coefficient (Wildman–Crippen LogP) is 2.68. The molecule has 2 rings (SSSR count). The van der Waals surface area contributed by atoms with Gasteiger partial charge in [0, 0.05) is 6.04 Å². The van der Waals surface area contributed by atoms with Gasteiger partial charge in [-0.3, -0.25) is 0 Å². The number of rotatable bonds is 4. The summed E-state index contributed by atoms with van der Waals surface area (Å²) in [5, 5.41) is 3.55. The molecule has 2 atom stereocenters. The van der Waals surface area contributed by atoms with E-state index in [4.69, 9.17) is 0 Å². The fourth-order valence-corrected chi connectivity index (χ4v) is 5.25. The summed E-state index contributed by atoms with van der Waals surface area (Å²) in [6.45, 7) is 3.03. The first-order valence-corrected chi connectivity index (χ1v) is 9.57. The lowest BCUT2D eigenvalue weighted by Crippen LogP contribution is -2.38. The van der Waals surface area contributed by atoms with E-state index in [-0.39, 0.29) is 5.92 Å². The molecule has 0 aromatic heterocycles. The SMILES string of the molecule is CCNC(C1=CCCCCCC1)C1CCS(=O)(=O)C1. The lowest BCUT2D eigenvalue weighted by molar-refractivity contribution is 0.416. The molecule has 1 saturated heterocycles. The molecule has 3 nitrogen and oxygen atoms in total. The number of nitrogens with one attached hydrogen (secondary N) is 1. The van der Waals surface area contributed by atoms with Gasteiger partial charge in [0.15, 0.2) is 9.84 Å². The summed E-state index contributed by atoms with van der Waals surface area (Å²) in [6, 6.07) is 0.292. The smallest absolute Gasteiger partial charge is 0.150 e. The molecule has 4 heteroatoms. The van der Waals surface area contributed by atoms with Crippen LogP contribution >= 0.6 is 0 Å². The first kappa shape index (κ1) is 15.0. The van der Waals surface area contributed by atoms with Gasteiger partial charge in [-0.1, -0.05) is 31.4 Å². The summed E-state index contributed by atoms with van der Waals surface area (Å²) in [5.74, 6) is 1.05. The van der Waals surface area contributed by atoms with Gasteiger partial charge in [0.25, 0.3) is 0 Å². The minimum atomic E-state index is -2.78. The zero-order valence-electron chi connectivity index (χ0n) is 12.0. The Morgan fingerprint density at radius 2 is 2.11 bits per heavy atom. The van der Waals surface area contributed by atoms with Crippen molar-refractivity contribution >= 4 is 9.84 Å². The Bertz CT molecular complexity index is 414. The van der Waals surface area contributed by atoms with Crippen molar-refractivity contribution in [2.45, 2.75) is 57.9 Å². The highest BCUT2D eigenvalue weighted by Crippen LogP contribution is 2.29. The Morgan fingerprint density at radius 3 is 2.79 bits per heavy atom. The lowest BCUT2D eigenvalue weighted by atomic mass is 9.87. The second kappa shape index (κ2) is 6.89. The Labute approximate surface area is 117 Å². The number of allylic oxidation sites excluding steroid dienone is 1. The highest BCUT2D eigenvalue weighted by molar-refractivity contribution is 7.91. The summed E-state index contributed by atoms with van der Waals surface area (Å²) in [5.41, 5.74) is 1.48. The molecule has 0 aromatic rings. The second-order valence-corrected chi connectivity index (χ2v) is 8.16. The zero-order valence-corrected chi connectivity index (χ0v) is 12.8. The molecular formula is C15H27NO2S. The van der Waals surface area contributed by atoms with E-state index in [9.17, 15) is 8.42 Å². The Kier molecular flexibility index (Phi) is 5.46. The summed E-state index contributed by atoms with van der Waals surface area (Å²) < 4.78 is 23.4. The topological polar surface area (TPSA) is 46.2 Å². The maximum absolute atomic E-state index is 11.7. The quantitative estimate of drug-likeness (QED) is 0.808. The molecule has 0 amide bonds. The summed E-state index contributed by atoms with van der Waals surface area (Å²) in [7, 11) is -2.78. The molecule has 1 N–H and O–H groups in total. The van der Waals surface area contributed by atoms with Crippen LogP contribution in [-0.4, -0.2) is 32.5 Å². The van der Waals surface area contributed by atoms with Crippen LogP contribution in [0.3, 0.4) is 0 Å². The van der Waals surface area contributed by atoms with Gasteiger partial charge in [0.2, 0.25) is 0 Å². The van der Waals surface area contributed by atoms with Crippen LogP contribution in [0.15, 0.2) is 11.6 Å². The molecule has 1 aliphatic carbocycles. The highest BCUT2D eigenvalue weighted by atomic mass is 32.2. The third-order valence-electron chi connectivity index (χ3n) is 4.39. The van der Waals surface area contributed by atoms with E-state index in [0.717, 1.165) is 25.8 Å². The fourth-order valence-electron chi connectivity index (χ4n) is 3.41. The lowest BCUT2D eigenvalue weighted by Gasteiger charge is -2.27. The van der Waals surface area contributed by atoms with Gasteiger partial charge in [-0.25, -0.2) is 8.42 Å². The highest BCUT2D eigenvalue weighted by Gasteiger charge is 2.34. The van der Waals surface area contributed by atoms with Crippen molar-refractivity contribution in [3.63, 3.8) is 0 Å². The van der Waals surface area contributed by atoms with E-state index in [2.05, 4.69) is 18.3 Å². The van der Waals surface area contributed by atoms with Crippen molar-refractivity contribution < 1.29 is 8.42 Å². The molecule has 1 aliphatic heterocycles. The normalized spacial score (nSPS) is 29.3. The Hall–Kier alpha value is -0.350. The molecule has 1 fully saturated rings. The largest absolute Gasteiger partial charge is 0.310 e. The first-order valence-electron chi connectivity index (χ1n) is 7.75. The predicted molar refractivity (Wildman–Crippen MR) is 80.0 cm³/mol. The number of likely N-dealkylation sites (N-methyl/N-ethyl adjacent to an activating group) is 1. The average molecular weight is 285 g/mol. The number of hydrogen-bond donors (Lipinski definition) is 1. The van der Waals surface area contributed by atoms with E-state index >= 15 is 0 Å². The maximum Gasteiger partial charge on any atom is 0.150 e. The van der Waals surface area contributed by atoms with E-state index in [0.29, 0.717) is 17.5 Å². The van der Waals surface area contributed by atoms with Crippen LogP contribution in [-0.2, 0) is 9.84 Å². The summed E-state index contributed by atoms with van der Waals surface area (Å²) in [4.78, 5) is 0. The minimum absolute atomic E-state index is 0.288. The number of hydrogen-bond acceptors (Lipinski definition) is 3. The minimum Gasteiger partial charge on any atom is -0.310 e. The van der Waals surface area contributed by atoms with E-state index in [1.807, 2.05) is 0 Å². The third kappa shape index (κ3) is 4.32.